The van der Waals surface area contributed by atoms with Gasteiger partial charge in [0.25, 0.3) is 0 Å². The Morgan fingerprint density at radius 1 is 1.00 bits per heavy atom. The second kappa shape index (κ2) is 6.76. The van der Waals surface area contributed by atoms with Crippen molar-refractivity contribution in [3.8, 4) is 0 Å². The van der Waals surface area contributed by atoms with E-state index < -0.39 is 5.97 Å². The summed E-state index contributed by atoms with van der Waals surface area (Å²) >= 11 is 0. The molecule has 2 nitrogen and oxygen atoms in total. The first kappa shape index (κ1) is 14.9. The summed E-state index contributed by atoms with van der Waals surface area (Å²) < 4.78 is 0. The van der Waals surface area contributed by atoms with E-state index in [4.69, 9.17) is 0 Å². The zero-order chi connectivity index (χ0) is 13.7. The molecule has 2 rings (SSSR count). The minimum atomic E-state index is -0.486. The SMILES string of the molecule is CCC1CCCCC1C1(C(=O)O)CCCCCCC1. The van der Waals surface area contributed by atoms with Crippen molar-refractivity contribution in [2.24, 2.45) is 17.3 Å². The summed E-state index contributed by atoms with van der Waals surface area (Å²) in [5.74, 6) is 0.617. The summed E-state index contributed by atoms with van der Waals surface area (Å²) in [6, 6.07) is 0. The standard InChI is InChI=1S/C17H30O2/c1-2-14-10-6-7-11-15(14)17(16(18)19)12-8-4-3-5-9-13-17/h14-15H,2-13H2,1H3,(H,18,19). The molecule has 0 aromatic heterocycles. The first-order valence-corrected chi connectivity index (χ1v) is 8.44. The van der Waals surface area contributed by atoms with E-state index in [0.717, 1.165) is 32.1 Å². The maximum Gasteiger partial charge on any atom is 0.309 e. The Hall–Kier alpha value is -0.530. The van der Waals surface area contributed by atoms with Crippen LogP contribution in [0.5, 0.6) is 0 Å². The van der Waals surface area contributed by atoms with Crippen molar-refractivity contribution in [3.05, 3.63) is 0 Å². The van der Waals surface area contributed by atoms with Crippen LogP contribution in [0.2, 0.25) is 0 Å². The molecule has 2 aliphatic rings. The first-order valence-electron chi connectivity index (χ1n) is 8.44. The highest BCUT2D eigenvalue weighted by Crippen LogP contribution is 2.50. The maximum atomic E-state index is 12.1. The van der Waals surface area contributed by atoms with E-state index in [1.54, 1.807) is 0 Å². The van der Waals surface area contributed by atoms with Crippen LogP contribution < -0.4 is 0 Å². The van der Waals surface area contributed by atoms with Gasteiger partial charge in [0, 0.05) is 0 Å². The van der Waals surface area contributed by atoms with Gasteiger partial charge in [0.1, 0.15) is 0 Å². The molecule has 19 heavy (non-hydrogen) atoms. The summed E-state index contributed by atoms with van der Waals surface area (Å²) in [6.07, 6.45) is 14.0. The van der Waals surface area contributed by atoms with E-state index in [1.165, 1.54) is 44.9 Å². The largest absolute Gasteiger partial charge is 0.481 e. The van der Waals surface area contributed by atoms with Gasteiger partial charge in [-0.25, -0.2) is 0 Å². The third-order valence-electron chi connectivity index (χ3n) is 5.81. The van der Waals surface area contributed by atoms with Crippen molar-refractivity contribution in [2.75, 3.05) is 0 Å². The number of carbonyl (C=O) groups is 1. The molecule has 2 heteroatoms. The van der Waals surface area contributed by atoms with Crippen LogP contribution in [0.4, 0.5) is 0 Å². The smallest absolute Gasteiger partial charge is 0.309 e. The molecule has 0 saturated heterocycles. The molecule has 2 aliphatic carbocycles. The van der Waals surface area contributed by atoms with Crippen molar-refractivity contribution in [1.29, 1.82) is 0 Å². The average molecular weight is 266 g/mol. The molecule has 2 unspecified atom stereocenters. The summed E-state index contributed by atoms with van der Waals surface area (Å²) in [5, 5.41) is 9.97. The van der Waals surface area contributed by atoms with Gasteiger partial charge in [-0.2, -0.15) is 0 Å². The molecule has 0 radical (unpaired) electrons. The van der Waals surface area contributed by atoms with Gasteiger partial charge < -0.3 is 5.11 Å². The Labute approximate surface area is 118 Å². The Balaban J connectivity index is 2.22. The van der Waals surface area contributed by atoms with Gasteiger partial charge in [-0.1, -0.05) is 64.7 Å². The van der Waals surface area contributed by atoms with E-state index >= 15 is 0 Å². The number of aliphatic carboxylic acids is 1. The lowest BCUT2D eigenvalue weighted by molar-refractivity contribution is -0.157. The summed E-state index contributed by atoms with van der Waals surface area (Å²) in [7, 11) is 0. The molecule has 0 spiro atoms. The van der Waals surface area contributed by atoms with Crippen LogP contribution in [-0.2, 0) is 4.79 Å². The van der Waals surface area contributed by atoms with Crippen molar-refractivity contribution in [2.45, 2.75) is 84.0 Å². The highest BCUT2D eigenvalue weighted by molar-refractivity contribution is 5.75. The molecule has 110 valence electrons. The predicted molar refractivity (Wildman–Crippen MR) is 78.1 cm³/mol. The van der Waals surface area contributed by atoms with Crippen LogP contribution in [0.1, 0.15) is 84.0 Å². The molecule has 0 aromatic carbocycles. The summed E-state index contributed by atoms with van der Waals surface area (Å²) in [4.78, 5) is 12.1. The normalized spacial score (nSPS) is 32.3. The van der Waals surface area contributed by atoms with Crippen LogP contribution in [0.3, 0.4) is 0 Å². The summed E-state index contributed by atoms with van der Waals surface area (Å²) in [6.45, 7) is 2.25. The fourth-order valence-corrected chi connectivity index (χ4v) is 4.70. The highest BCUT2D eigenvalue weighted by Gasteiger charge is 2.48. The van der Waals surface area contributed by atoms with Crippen molar-refractivity contribution < 1.29 is 9.90 Å². The van der Waals surface area contributed by atoms with Gasteiger partial charge in [0.15, 0.2) is 0 Å². The Bertz CT molecular complexity index is 290. The molecular weight excluding hydrogens is 236 g/mol. The molecule has 0 amide bonds. The van der Waals surface area contributed by atoms with Gasteiger partial charge in [0.05, 0.1) is 5.41 Å². The minimum absolute atomic E-state index is 0.387. The van der Waals surface area contributed by atoms with Crippen molar-refractivity contribution >= 4 is 5.97 Å². The molecule has 2 saturated carbocycles. The number of carboxylic acids is 1. The fraction of sp³-hybridized carbons (Fsp3) is 0.941. The third kappa shape index (κ3) is 3.14. The molecule has 0 aromatic rings. The van der Waals surface area contributed by atoms with Gasteiger partial charge in [-0.15, -0.1) is 0 Å². The van der Waals surface area contributed by atoms with Crippen LogP contribution in [0.25, 0.3) is 0 Å². The van der Waals surface area contributed by atoms with E-state index in [-0.39, 0.29) is 5.41 Å². The molecule has 0 aliphatic heterocycles. The quantitative estimate of drug-likeness (QED) is 0.779. The topological polar surface area (TPSA) is 37.3 Å². The molecule has 2 fully saturated rings. The van der Waals surface area contributed by atoms with Crippen LogP contribution >= 0.6 is 0 Å². The lowest BCUT2D eigenvalue weighted by Gasteiger charge is -2.45. The van der Waals surface area contributed by atoms with E-state index in [9.17, 15) is 9.90 Å². The third-order valence-corrected chi connectivity index (χ3v) is 5.81. The van der Waals surface area contributed by atoms with Crippen molar-refractivity contribution in [3.63, 3.8) is 0 Å². The van der Waals surface area contributed by atoms with Gasteiger partial charge in [0.2, 0.25) is 0 Å². The minimum Gasteiger partial charge on any atom is -0.481 e. The molecule has 0 bridgehead atoms. The van der Waals surface area contributed by atoms with Gasteiger partial charge in [-0.05, 0) is 31.1 Å². The first-order chi connectivity index (χ1) is 9.20. The van der Waals surface area contributed by atoms with Crippen molar-refractivity contribution in [1.82, 2.24) is 0 Å². The lowest BCUT2D eigenvalue weighted by Crippen LogP contribution is -2.44. The Morgan fingerprint density at radius 3 is 2.16 bits per heavy atom. The number of rotatable bonds is 3. The maximum absolute atomic E-state index is 12.1. The molecule has 0 heterocycles. The number of hydrogen-bond acceptors (Lipinski definition) is 1. The predicted octanol–water partition coefficient (Wildman–Crippen LogP) is 5.02. The highest BCUT2D eigenvalue weighted by atomic mass is 16.4. The zero-order valence-electron chi connectivity index (χ0n) is 12.5. The van der Waals surface area contributed by atoms with E-state index in [0.29, 0.717) is 11.8 Å². The van der Waals surface area contributed by atoms with Crippen LogP contribution in [0.15, 0.2) is 0 Å². The zero-order valence-corrected chi connectivity index (χ0v) is 12.5. The van der Waals surface area contributed by atoms with Crippen LogP contribution in [-0.4, -0.2) is 11.1 Å². The van der Waals surface area contributed by atoms with Gasteiger partial charge in [-0.3, -0.25) is 4.79 Å². The monoisotopic (exact) mass is 266 g/mol. The van der Waals surface area contributed by atoms with E-state index in [2.05, 4.69) is 6.92 Å². The Kier molecular flexibility index (Phi) is 5.29. The second-order valence-electron chi connectivity index (χ2n) is 6.79. The van der Waals surface area contributed by atoms with Gasteiger partial charge >= 0.3 is 5.97 Å². The molecular formula is C17H30O2. The fourth-order valence-electron chi connectivity index (χ4n) is 4.70. The lowest BCUT2D eigenvalue weighted by atomic mass is 9.59. The second-order valence-corrected chi connectivity index (χ2v) is 6.79. The average Bonchev–Trinajstić information content (AvgIpc) is 2.39. The number of carboxylic acid groups (broad SMARTS) is 1. The molecule has 1 N–H and O–H groups in total. The number of hydrogen-bond donors (Lipinski definition) is 1. The Morgan fingerprint density at radius 2 is 1.58 bits per heavy atom. The van der Waals surface area contributed by atoms with Crippen LogP contribution in [0, 0.1) is 17.3 Å². The van der Waals surface area contributed by atoms with E-state index in [1.807, 2.05) is 0 Å². The molecule has 2 atom stereocenters. The summed E-state index contributed by atoms with van der Waals surface area (Å²) in [5.41, 5.74) is -0.387.